The lowest BCUT2D eigenvalue weighted by Crippen LogP contribution is -2.24. The molecule has 0 saturated carbocycles. The summed E-state index contributed by atoms with van der Waals surface area (Å²) in [6, 6.07) is 5.92. The van der Waals surface area contributed by atoms with Crippen molar-refractivity contribution >= 4 is 6.09 Å². The summed E-state index contributed by atoms with van der Waals surface area (Å²) < 4.78 is 5.03. The number of carbonyl (C=O) groups excluding carboxylic acids is 1. The minimum absolute atomic E-state index is 0.0370. The second-order valence-electron chi connectivity index (χ2n) is 3.97. The van der Waals surface area contributed by atoms with E-state index in [9.17, 15) is 4.79 Å². The number of hydrogen-bond donors (Lipinski definition) is 1. The zero-order valence-corrected chi connectivity index (χ0v) is 10.3. The number of alkyl carbamates (subject to hydrolysis) is 1. The Balaban J connectivity index is 2.64. The molecule has 0 radical (unpaired) electrons. The quantitative estimate of drug-likeness (QED) is 0.814. The Bertz CT molecular complexity index is 438. The van der Waals surface area contributed by atoms with E-state index in [0.29, 0.717) is 0 Å². The molecule has 0 heterocycles. The number of hydrogen-bond acceptors (Lipinski definition) is 3. The Morgan fingerprint density at radius 2 is 1.94 bits per heavy atom. The van der Waals surface area contributed by atoms with Crippen molar-refractivity contribution < 1.29 is 9.53 Å². The van der Waals surface area contributed by atoms with Crippen molar-refractivity contribution in [3.63, 3.8) is 0 Å². The Morgan fingerprint density at radius 3 is 2.47 bits per heavy atom. The topological polar surface area (TPSA) is 62.1 Å². The Labute approximate surface area is 101 Å². The monoisotopic (exact) mass is 232 g/mol. The molecule has 1 aromatic rings. The molecular weight excluding hydrogens is 216 g/mol. The smallest absolute Gasteiger partial charge is 0.408 e. The average Bonchev–Trinajstić information content (AvgIpc) is 2.24. The molecule has 0 unspecified atom stereocenters. The third-order valence-electron chi connectivity index (χ3n) is 2.50. The highest BCUT2D eigenvalue weighted by molar-refractivity contribution is 5.67. The van der Waals surface area contributed by atoms with Crippen LogP contribution in [-0.4, -0.2) is 12.6 Å². The van der Waals surface area contributed by atoms with Gasteiger partial charge in [-0.15, -0.1) is 0 Å². The van der Waals surface area contributed by atoms with Crippen molar-refractivity contribution in [3.8, 4) is 6.07 Å². The molecule has 0 atom stereocenters. The van der Waals surface area contributed by atoms with Crippen LogP contribution >= 0.6 is 0 Å². The first-order valence-electron chi connectivity index (χ1n) is 5.39. The van der Waals surface area contributed by atoms with Gasteiger partial charge in [-0.2, -0.15) is 5.26 Å². The number of aryl methyl sites for hydroxylation is 3. The summed E-state index contributed by atoms with van der Waals surface area (Å²) >= 11 is 0. The van der Waals surface area contributed by atoms with Gasteiger partial charge in [-0.1, -0.05) is 17.7 Å². The second-order valence-corrected chi connectivity index (χ2v) is 3.97. The SMILES string of the molecule is Cc1cc(C)c(COC(=O)NCC#N)c(C)c1. The molecule has 1 amide bonds. The van der Waals surface area contributed by atoms with Gasteiger partial charge in [0, 0.05) is 0 Å². The first-order chi connectivity index (χ1) is 8.04. The first-order valence-corrected chi connectivity index (χ1v) is 5.39. The molecule has 0 aliphatic rings. The fourth-order valence-electron chi connectivity index (χ4n) is 1.74. The van der Waals surface area contributed by atoms with Crippen LogP contribution in [0.2, 0.25) is 0 Å². The predicted octanol–water partition coefficient (Wildman–Crippen LogP) is 2.36. The van der Waals surface area contributed by atoms with Gasteiger partial charge >= 0.3 is 6.09 Å². The van der Waals surface area contributed by atoms with Crippen LogP contribution < -0.4 is 5.32 Å². The van der Waals surface area contributed by atoms with Gasteiger partial charge in [0.1, 0.15) is 13.2 Å². The number of carbonyl (C=O) groups is 1. The first kappa shape index (κ1) is 13.0. The van der Waals surface area contributed by atoms with E-state index in [1.54, 1.807) is 0 Å². The molecule has 0 aliphatic heterocycles. The Morgan fingerprint density at radius 1 is 1.35 bits per heavy atom. The van der Waals surface area contributed by atoms with Crippen LogP contribution in [0.4, 0.5) is 4.79 Å². The lowest BCUT2D eigenvalue weighted by atomic mass is 10.0. The van der Waals surface area contributed by atoms with Crippen molar-refractivity contribution in [1.82, 2.24) is 5.32 Å². The molecule has 4 nitrogen and oxygen atoms in total. The van der Waals surface area contributed by atoms with Crippen LogP contribution in [0.1, 0.15) is 22.3 Å². The third kappa shape index (κ3) is 3.80. The molecule has 1 N–H and O–H groups in total. The van der Waals surface area contributed by atoms with Crippen LogP contribution in [0.5, 0.6) is 0 Å². The molecule has 0 aromatic heterocycles. The van der Waals surface area contributed by atoms with E-state index in [0.717, 1.165) is 16.7 Å². The van der Waals surface area contributed by atoms with E-state index in [-0.39, 0.29) is 13.2 Å². The maximum atomic E-state index is 11.2. The summed E-state index contributed by atoms with van der Waals surface area (Å²) in [5, 5.41) is 10.6. The van der Waals surface area contributed by atoms with E-state index in [2.05, 4.69) is 17.4 Å². The summed E-state index contributed by atoms with van der Waals surface area (Å²) in [5.74, 6) is 0. The summed E-state index contributed by atoms with van der Waals surface area (Å²) in [5.41, 5.74) is 4.42. The van der Waals surface area contributed by atoms with Gasteiger partial charge in [-0.3, -0.25) is 0 Å². The van der Waals surface area contributed by atoms with Crippen molar-refractivity contribution in [3.05, 3.63) is 34.4 Å². The van der Waals surface area contributed by atoms with Crippen LogP contribution in [0.3, 0.4) is 0 Å². The number of ether oxygens (including phenoxy) is 1. The van der Waals surface area contributed by atoms with Crippen LogP contribution in [0.25, 0.3) is 0 Å². The fourth-order valence-corrected chi connectivity index (χ4v) is 1.74. The molecule has 1 rings (SSSR count). The zero-order chi connectivity index (χ0) is 12.8. The summed E-state index contributed by atoms with van der Waals surface area (Å²) in [6.45, 7) is 6.21. The summed E-state index contributed by atoms with van der Waals surface area (Å²) in [6.07, 6.45) is -0.564. The highest BCUT2D eigenvalue weighted by Gasteiger charge is 2.07. The highest BCUT2D eigenvalue weighted by atomic mass is 16.5. The Kier molecular flexibility index (Phi) is 4.53. The highest BCUT2D eigenvalue weighted by Crippen LogP contribution is 2.17. The molecule has 0 spiro atoms. The lowest BCUT2D eigenvalue weighted by Gasteiger charge is -2.11. The maximum Gasteiger partial charge on any atom is 0.408 e. The summed E-state index contributed by atoms with van der Waals surface area (Å²) in [4.78, 5) is 11.2. The van der Waals surface area contributed by atoms with E-state index in [1.807, 2.05) is 26.8 Å². The number of amides is 1. The van der Waals surface area contributed by atoms with Crippen molar-refractivity contribution in [2.75, 3.05) is 6.54 Å². The van der Waals surface area contributed by atoms with Gasteiger partial charge in [0.15, 0.2) is 0 Å². The van der Waals surface area contributed by atoms with Crippen molar-refractivity contribution in [2.24, 2.45) is 0 Å². The van der Waals surface area contributed by atoms with Crippen molar-refractivity contribution in [2.45, 2.75) is 27.4 Å². The molecule has 17 heavy (non-hydrogen) atoms. The normalized spacial score (nSPS) is 9.53. The largest absolute Gasteiger partial charge is 0.445 e. The number of nitrogens with zero attached hydrogens (tertiary/aromatic N) is 1. The van der Waals surface area contributed by atoms with E-state index in [1.165, 1.54) is 5.56 Å². The fraction of sp³-hybridized carbons (Fsp3) is 0.385. The van der Waals surface area contributed by atoms with Crippen LogP contribution in [0, 0.1) is 32.1 Å². The zero-order valence-electron chi connectivity index (χ0n) is 10.3. The van der Waals surface area contributed by atoms with E-state index >= 15 is 0 Å². The standard InChI is InChI=1S/C13H16N2O2/c1-9-6-10(2)12(11(3)7-9)8-17-13(16)15-5-4-14/h6-7H,5,8H2,1-3H3,(H,15,16). The number of rotatable bonds is 3. The van der Waals surface area contributed by atoms with E-state index in [4.69, 9.17) is 10.00 Å². The molecule has 0 aliphatic carbocycles. The molecule has 0 fully saturated rings. The maximum absolute atomic E-state index is 11.2. The molecular formula is C13H16N2O2. The average molecular weight is 232 g/mol. The number of nitrogens with one attached hydrogen (secondary N) is 1. The molecule has 0 saturated heterocycles. The number of nitriles is 1. The minimum Gasteiger partial charge on any atom is -0.445 e. The number of benzene rings is 1. The van der Waals surface area contributed by atoms with E-state index < -0.39 is 6.09 Å². The lowest BCUT2D eigenvalue weighted by molar-refractivity contribution is 0.140. The van der Waals surface area contributed by atoms with Crippen molar-refractivity contribution in [1.29, 1.82) is 5.26 Å². The molecule has 0 bridgehead atoms. The van der Waals surface area contributed by atoms with Gasteiger partial charge < -0.3 is 10.1 Å². The second kappa shape index (κ2) is 5.90. The van der Waals surface area contributed by atoms with Crippen LogP contribution in [0.15, 0.2) is 12.1 Å². The van der Waals surface area contributed by atoms with Gasteiger partial charge in [0.05, 0.1) is 6.07 Å². The van der Waals surface area contributed by atoms with Gasteiger partial charge in [0.2, 0.25) is 0 Å². The van der Waals surface area contributed by atoms with Gasteiger partial charge in [0.25, 0.3) is 0 Å². The molecule has 4 heteroatoms. The third-order valence-corrected chi connectivity index (χ3v) is 2.50. The predicted molar refractivity (Wildman–Crippen MR) is 64.5 cm³/mol. The van der Waals surface area contributed by atoms with Gasteiger partial charge in [-0.05, 0) is 37.5 Å². The van der Waals surface area contributed by atoms with Crippen LogP contribution in [-0.2, 0) is 11.3 Å². The summed E-state index contributed by atoms with van der Waals surface area (Å²) in [7, 11) is 0. The molecule has 1 aromatic carbocycles. The Hall–Kier alpha value is -2.02. The van der Waals surface area contributed by atoms with Gasteiger partial charge in [-0.25, -0.2) is 4.79 Å². The molecule has 90 valence electrons. The minimum atomic E-state index is -0.564.